The third-order valence-electron chi connectivity index (χ3n) is 6.92. The number of nitrogens with zero attached hydrogens (tertiary/aromatic N) is 2. The lowest BCUT2D eigenvalue weighted by atomic mass is 9.81. The van der Waals surface area contributed by atoms with E-state index in [1.54, 1.807) is 0 Å². The van der Waals surface area contributed by atoms with Crippen molar-refractivity contribution in [2.45, 2.75) is 65.7 Å². The van der Waals surface area contributed by atoms with Crippen molar-refractivity contribution in [2.24, 2.45) is 11.3 Å². The van der Waals surface area contributed by atoms with Gasteiger partial charge in [-0.15, -0.1) is 0 Å². The van der Waals surface area contributed by atoms with Crippen LogP contribution >= 0.6 is 0 Å². The number of aryl methyl sites for hydroxylation is 1. The molecular weight excluding hydrogens is 456 g/mol. The Morgan fingerprint density at radius 3 is 2.46 bits per heavy atom. The first kappa shape index (κ1) is 25.4. The van der Waals surface area contributed by atoms with Crippen LogP contribution < -0.4 is 0 Å². The van der Waals surface area contributed by atoms with Gasteiger partial charge in [0, 0.05) is 24.0 Å². The third-order valence-corrected chi connectivity index (χ3v) is 7.62. The van der Waals surface area contributed by atoms with E-state index in [9.17, 15) is 9.90 Å². The Labute approximate surface area is 210 Å². The topological polar surface area (TPSA) is 75.8 Å². The molecule has 0 bridgehead atoms. The molecular formula is C28H37N2O4Si. The molecule has 1 N–H and O–H groups in total. The summed E-state index contributed by atoms with van der Waals surface area (Å²) in [7, 11) is -0.964. The van der Waals surface area contributed by atoms with E-state index in [0.717, 1.165) is 59.0 Å². The van der Waals surface area contributed by atoms with Gasteiger partial charge in [-0.25, -0.2) is 4.79 Å². The van der Waals surface area contributed by atoms with Gasteiger partial charge in [-0.05, 0) is 67.3 Å². The van der Waals surface area contributed by atoms with Crippen molar-refractivity contribution in [3.8, 4) is 11.1 Å². The Morgan fingerprint density at radius 2 is 1.86 bits per heavy atom. The maximum atomic E-state index is 11.2. The summed E-state index contributed by atoms with van der Waals surface area (Å²) >= 11 is 0. The number of hydrogen-bond acceptors (Lipinski definition) is 4. The lowest BCUT2D eigenvalue weighted by Gasteiger charge is -2.34. The average molecular weight is 494 g/mol. The molecule has 6 nitrogen and oxygen atoms in total. The number of carboxylic acid groups (broad SMARTS) is 1. The third kappa shape index (κ3) is 5.78. The van der Waals surface area contributed by atoms with Crippen LogP contribution in [0.5, 0.6) is 0 Å². The van der Waals surface area contributed by atoms with Crippen LogP contribution in [-0.4, -0.2) is 43.4 Å². The summed E-state index contributed by atoms with van der Waals surface area (Å²) in [4.78, 5) is 12.7. The van der Waals surface area contributed by atoms with E-state index in [-0.39, 0.29) is 11.5 Å². The first-order chi connectivity index (χ1) is 16.6. The second-order valence-corrected chi connectivity index (χ2v) is 13.0. The molecule has 1 saturated heterocycles. The highest BCUT2D eigenvalue weighted by Gasteiger charge is 2.34. The zero-order valence-electron chi connectivity index (χ0n) is 21.5. The molecule has 1 fully saturated rings. The summed E-state index contributed by atoms with van der Waals surface area (Å²) in [5.74, 6) is 0.511. The number of rotatable bonds is 7. The van der Waals surface area contributed by atoms with Gasteiger partial charge in [-0.2, -0.15) is 0 Å². The van der Waals surface area contributed by atoms with Crippen molar-refractivity contribution < 1.29 is 18.9 Å². The average Bonchev–Trinajstić information content (AvgIpc) is 3.24. The van der Waals surface area contributed by atoms with Gasteiger partial charge in [0.1, 0.15) is 0 Å². The SMILES string of the molecule is C[Si](C)OC(c1c(-c2ccccc2)ccc2c(CCC3CCN(C(=O)O)CC3)noc12)C(C)(C)C. The number of aromatic nitrogens is 1. The Hall–Kier alpha value is -2.64. The van der Waals surface area contributed by atoms with E-state index >= 15 is 0 Å². The normalized spacial score (nSPS) is 16.2. The van der Waals surface area contributed by atoms with E-state index in [1.165, 1.54) is 4.90 Å². The molecule has 1 aromatic heterocycles. The minimum atomic E-state index is -0.964. The van der Waals surface area contributed by atoms with Crippen LogP contribution in [0.3, 0.4) is 0 Å². The number of fused-ring (bicyclic) bond motifs is 1. The Kier molecular flexibility index (Phi) is 7.67. The first-order valence-electron chi connectivity index (χ1n) is 12.6. The molecule has 1 radical (unpaired) electrons. The fourth-order valence-electron chi connectivity index (χ4n) is 5.04. The number of piperidine rings is 1. The van der Waals surface area contributed by atoms with Gasteiger partial charge in [0.15, 0.2) is 5.58 Å². The molecule has 0 aliphatic carbocycles. The van der Waals surface area contributed by atoms with E-state index in [2.05, 4.69) is 75.4 Å². The fourth-order valence-corrected chi connectivity index (χ4v) is 5.99. The molecule has 35 heavy (non-hydrogen) atoms. The van der Waals surface area contributed by atoms with Gasteiger partial charge >= 0.3 is 6.09 Å². The summed E-state index contributed by atoms with van der Waals surface area (Å²) in [6.45, 7) is 12.2. The highest BCUT2D eigenvalue weighted by molar-refractivity contribution is 6.48. The van der Waals surface area contributed by atoms with Crippen LogP contribution in [-0.2, 0) is 10.8 Å². The van der Waals surface area contributed by atoms with Gasteiger partial charge in [0.2, 0.25) is 9.04 Å². The number of hydrogen-bond donors (Lipinski definition) is 1. The zero-order valence-corrected chi connectivity index (χ0v) is 22.5. The van der Waals surface area contributed by atoms with Gasteiger partial charge < -0.3 is 19.0 Å². The van der Waals surface area contributed by atoms with Gasteiger partial charge in [-0.3, -0.25) is 0 Å². The van der Waals surface area contributed by atoms with Crippen molar-refractivity contribution in [1.82, 2.24) is 10.1 Å². The molecule has 0 saturated carbocycles. The molecule has 187 valence electrons. The summed E-state index contributed by atoms with van der Waals surface area (Å²) in [5.41, 5.74) is 5.04. The smallest absolute Gasteiger partial charge is 0.407 e. The number of carbonyl (C=O) groups is 1. The summed E-state index contributed by atoms with van der Waals surface area (Å²) in [6.07, 6.45) is 2.69. The standard InChI is InChI=1S/C28H37N2O4Si/c1-28(2,3)26(34-35(4)5)24-21(20-9-7-6-8-10-20)12-13-22-23(29-33-25(22)24)14-11-19-15-17-30(18-16-19)27(31)32/h6-10,12-13,19,26H,11,14-18H2,1-5H3,(H,31,32). The number of benzene rings is 2. The van der Waals surface area contributed by atoms with Crippen LogP contribution in [0.15, 0.2) is 47.0 Å². The Balaban J connectivity index is 1.68. The molecule has 1 aliphatic rings. The van der Waals surface area contributed by atoms with Crippen molar-refractivity contribution >= 4 is 26.1 Å². The quantitative estimate of drug-likeness (QED) is 0.353. The lowest BCUT2D eigenvalue weighted by molar-refractivity contribution is 0.0872. The van der Waals surface area contributed by atoms with Crippen LogP contribution in [0.25, 0.3) is 22.1 Å². The second kappa shape index (κ2) is 10.5. The van der Waals surface area contributed by atoms with Crippen molar-refractivity contribution in [1.29, 1.82) is 0 Å². The highest BCUT2D eigenvalue weighted by atomic mass is 28.3. The molecule has 1 amide bonds. The lowest BCUT2D eigenvalue weighted by Crippen LogP contribution is -2.37. The maximum Gasteiger partial charge on any atom is 0.407 e. The van der Waals surface area contributed by atoms with Crippen molar-refractivity contribution in [3.05, 3.63) is 53.7 Å². The van der Waals surface area contributed by atoms with Gasteiger partial charge in [0.25, 0.3) is 0 Å². The van der Waals surface area contributed by atoms with Crippen LogP contribution in [0, 0.1) is 11.3 Å². The van der Waals surface area contributed by atoms with E-state index < -0.39 is 15.1 Å². The fraction of sp³-hybridized carbons (Fsp3) is 0.500. The van der Waals surface area contributed by atoms with E-state index in [4.69, 9.17) is 8.95 Å². The van der Waals surface area contributed by atoms with Crippen molar-refractivity contribution in [3.63, 3.8) is 0 Å². The molecule has 7 heteroatoms. The highest BCUT2D eigenvalue weighted by Crippen LogP contribution is 2.45. The minimum absolute atomic E-state index is 0.119. The minimum Gasteiger partial charge on any atom is -0.465 e. The van der Waals surface area contributed by atoms with Gasteiger partial charge in [-0.1, -0.05) is 62.3 Å². The number of amides is 1. The Bertz CT molecular complexity index is 1140. The summed E-state index contributed by atoms with van der Waals surface area (Å²) < 4.78 is 12.7. The summed E-state index contributed by atoms with van der Waals surface area (Å²) in [5, 5.41) is 14.8. The van der Waals surface area contributed by atoms with E-state index in [0.29, 0.717) is 19.0 Å². The maximum absolute atomic E-state index is 11.2. The molecule has 4 rings (SSSR count). The predicted molar refractivity (Wildman–Crippen MR) is 141 cm³/mol. The molecule has 1 atom stereocenters. The zero-order chi connectivity index (χ0) is 25.2. The van der Waals surface area contributed by atoms with E-state index in [1.807, 2.05) is 6.07 Å². The Morgan fingerprint density at radius 1 is 1.17 bits per heavy atom. The monoisotopic (exact) mass is 493 g/mol. The number of likely N-dealkylation sites (tertiary alicyclic amines) is 1. The van der Waals surface area contributed by atoms with Crippen LogP contribution in [0.1, 0.15) is 57.4 Å². The predicted octanol–water partition coefficient (Wildman–Crippen LogP) is 7.17. The second-order valence-electron chi connectivity index (χ2n) is 10.9. The van der Waals surface area contributed by atoms with Gasteiger partial charge in [0.05, 0.1) is 11.8 Å². The largest absolute Gasteiger partial charge is 0.465 e. The molecule has 2 aromatic carbocycles. The molecule has 1 aliphatic heterocycles. The molecule has 0 spiro atoms. The molecule has 2 heterocycles. The van der Waals surface area contributed by atoms with Crippen LogP contribution in [0.4, 0.5) is 4.79 Å². The summed E-state index contributed by atoms with van der Waals surface area (Å²) in [6, 6.07) is 14.8. The molecule has 1 unspecified atom stereocenters. The molecule has 3 aromatic rings. The van der Waals surface area contributed by atoms with Crippen LogP contribution in [0.2, 0.25) is 13.1 Å². The first-order valence-corrected chi connectivity index (χ1v) is 15.0. The van der Waals surface area contributed by atoms with Crippen molar-refractivity contribution in [2.75, 3.05) is 13.1 Å².